The zero-order valence-corrected chi connectivity index (χ0v) is 8.82. The first kappa shape index (κ1) is 11.2. The molecule has 0 fully saturated rings. The van der Waals surface area contributed by atoms with Gasteiger partial charge in [0.25, 0.3) is 0 Å². The Morgan fingerprint density at radius 1 is 1.53 bits per heavy atom. The molecule has 6 nitrogen and oxygen atoms in total. The lowest BCUT2D eigenvalue weighted by atomic mass is 10.0. The summed E-state index contributed by atoms with van der Waals surface area (Å²) in [5, 5.41) is 3.06. The molecule has 0 aromatic carbocycles. The summed E-state index contributed by atoms with van der Waals surface area (Å²) in [4.78, 5) is 18.5. The van der Waals surface area contributed by atoms with Crippen LogP contribution in [-0.4, -0.2) is 21.4 Å². The number of aromatic nitrogens is 2. The van der Waals surface area contributed by atoms with E-state index in [1.807, 2.05) is 13.8 Å². The quantitative estimate of drug-likeness (QED) is 0.653. The van der Waals surface area contributed by atoms with Gasteiger partial charge in [-0.05, 0) is 13.8 Å². The van der Waals surface area contributed by atoms with Crippen LogP contribution in [0.25, 0.3) is 0 Å². The first-order valence-electron chi connectivity index (χ1n) is 4.53. The maximum absolute atomic E-state index is 10.8. The van der Waals surface area contributed by atoms with Crippen LogP contribution in [0.3, 0.4) is 0 Å². The Balaban J connectivity index is 2.72. The number of hydrogen-bond acceptors (Lipinski definition) is 5. The van der Waals surface area contributed by atoms with E-state index in [4.69, 9.17) is 11.5 Å². The number of nitrogens with one attached hydrogen (secondary N) is 1. The lowest BCUT2D eigenvalue weighted by Gasteiger charge is -2.25. The number of nitrogens with zero attached hydrogens (tertiary/aromatic N) is 2. The number of rotatable bonds is 4. The van der Waals surface area contributed by atoms with E-state index >= 15 is 0 Å². The minimum absolute atomic E-state index is 0.219. The highest BCUT2D eigenvalue weighted by Gasteiger charge is 2.20. The number of nitrogen functional groups attached to an aromatic ring is 1. The Hall–Kier alpha value is -1.85. The summed E-state index contributed by atoms with van der Waals surface area (Å²) in [5.74, 6) is 0.589. The molecule has 0 atom stereocenters. The van der Waals surface area contributed by atoms with Crippen molar-refractivity contribution in [3.05, 3.63) is 12.4 Å². The number of carbonyl (C=O) groups is 1. The molecule has 82 valence electrons. The number of hydrogen-bond donors (Lipinski definition) is 3. The fourth-order valence-corrected chi connectivity index (χ4v) is 1.27. The summed E-state index contributed by atoms with van der Waals surface area (Å²) in [5.41, 5.74) is 10.2. The molecule has 0 spiro atoms. The molecule has 5 N–H and O–H groups in total. The third-order valence-corrected chi connectivity index (χ3v) is 1.77. The van der Waals surface area contributed by atoms with Crippen molar-refractivity contribution in [1.29, 1.82) is 0 Å². The van der Waals surface area contributed by atoms with Crippen LogP contribution in [-0.2, 0) is 4.79 Å². The smallest absolute Gasteiger partial charge is 0.219 e. The summed E-state index contributed by atoms with van der Waals surface area (Å²) >= 11 is 0. The van der Waals surface area contributed by atoms with E-state index in [0.717, 1.165) is 0 Å². The van der Waals surface area contributed by atoms with Crippen molar-refractivity contribution in [2.75, 3.05) is 11.1 Å². The van der Waals surface area contributed by atoms with Gasteiger partial charge < -0.3 is 16.8 Å². The highest BCUT2D eigenvalue weighted by Crippen LogP contribution is 2.16. The average Bonchev–Trinajstić information content (AvgIpc) is 1.99. The normalized spacial score (nSPS) is 11.1. The maximum Gasteiger partial charge on any atom is 0.219 e. The molecule has 1 heterocycles. The lowest BCUT2D eigenvalue weighted by molar-refractivity contribution is -0.118. The number of amides is 1. The van der Waals surface area contributed by atoms with Gasteiger partial charge in [0.05, 0.1) is 0 Å². The maximum atomic E-state index is 10.8. The van der Waals surface area contributed by atoms with Gasteiger partial charge in [-0.2, -0.15) is 0 Å². The van der Waals surface area contributed by atoms with E-state index in [1.165, 1.54) is 6.33 Å². The number of nitrogens with two attached hydrogens (primary N) is 2. The Morgan fingerprint density at radius 3 is 2.73 bits per heavy atom. The Morgan fingerprint density at radius 2 is 2.20 bits per heavy atom. The third kappa shape index (κ3) is 3.80. The predicted molar refractivity (Wildman–Crippen MR) is 58.0 cm³/mol. The summed E-state index contributed by atoms with van der Waals surface area (Å²) < 4.78 is 0. The molecule has 0 saturated carbocycles. The van der Waals surface area contributed by atoms with Crippen molar-refractivity contribution in [3.8, 4) is 0 Å². The topological polar surface area (TPSA) is 107 Å². The Kier molecular flexibility index (Phi) is 3.08. The summed E-state index contributed by atoms with van der Waals surface area (Å²) in [7, 11) is 0. The van der Waals surface area contributed by atoms with Crippen LogP contribution < -0.4 is 16.8 Å². The molecule has 0 bridgehead atoms. The van der Waals surface area contributed by atoms with Crippen LogP contribution in [0.2, 0.25) is 0 Å². The zero-order chi connectivity index (χ0) is 11.5. The van der Waals surface area contributed by atoms with Crippen molar-refractivity contribution in [1.82, 2.24) is 9.97 Å². The molecule has 0 aliphatic heterocycles. The fraction of sp³-hybridized carbons (Fsp3) is 0.444. The van der Waals surface area contributed by atoms with Gasteiger partial charge in [0, 0.05) is 18.0 Å². The molecule has 1 amide bonds. The van der Waals surface area contributed by atoms with Gasteiger partial charge in [0.15, 0.2) is 0 Å². The molecule has 0 radical (unpaired) electrons. The summed E-state index contributed by atoms with van der Waals surface area (Å²) in [6.07, 6.45) is 1.58. The minimum atomic E-state index is -0.452. The molecule has 15 heavy (non-hydrogen) atoms. The van der Waals surface area contributed by atoms with Crippen LogP contribution >= 0.6 is 0 Å². The van der Waals surface area contributed by atoms with Crippen molar-refractivity contribution in [3.63, 3.8) is 0 Å². The molecular formula is C9H15N5O. The monoisotopic (exact) mass is 209 g/mol. The molecule has 0 aliphatic carbocycles. The number of anilines is 2. The second-order valence-corrected chi connectivity index (χ2v) is 3.98. The molecule has 1 aromatic rings. The first-order chi connectivity index (χ1) is 6.89. The van der Waals surface area contributed by atoms with Crippen molar-refractivity contribution >= 4 is 17.5 Å². The van der Waals surface area contributed by atoms with E-state index in [9.17, 15) is 4.79 Å². The molecule has 0 saturated heterocycles. The molecular weight excluding hydrogens is 194 g/mol. The van der Waals surface area contributed by atoms with Crippen LogP contribution in [0.4, 0.5) is 11.6 Å². The fourth-order valence-electron chi connectivity index (χ4n) is 1.27. The first-order valence-corrected chi connectivity index (χ1v) is 4.53. The van der Waals surface area contributed by atoms with E-state index in [0.29, 0.717) is 11.6 Å². The summed E-state index contributed by atoms with van der Waals surface area (Å²) in [6, 6.07) is 1.60. The molecule has 0 aliphatic rings. The zero-order valence-electron chi connectivity index (χ0n) is 8.82. The van der Waals surface area contributed by atoms with Crippen LogP contribution in [0.15, 0.2) is 12.4 Å². The van der Waals surface area contributed by atoms with E-state index in [2.05, 4.69) is 15.3 Å². The van der Waals surface area contributed by atoms with E-state index < -0.39 is 5.54 Å². The molecule has 1 rings (SSSR count). The standard InChI is InChI=1S/C9H15N5O/c1-9(2,4-7(11)15)14-8-3-6(10)12-5-13-8/h3,5H,4H2,1-2H3,(H2,11,15)(H3,10,12,13,14). The highest BCUT2D eigenvalue weighted by atomic mass is 16.1. The molecule has 1 aromatic heterocycles. The number of primary amides is 1. The van der Waals surface area contributed by atoms with Gasteiger partial charge in [0.1, 0.15) is 18.0 Å². The largest absolute Gasteiger partial charge is 0.384 e. The second kappa shape index (κ2) is 4.12. The minimum Gasteiger partial charge on any atom is -0.384 e. The average molecular weight is 209 g/mol. The Bertz CT molecular complexity index is 363. The van der Waals surface area contributed by atoms with Gasteiger partial charge in [-0.1, -0.05) is 0 Å². The van der Waals surface area contributed by atoms with Gasteiger partial charge >= 0.3 is 0 Å². The highest BCUT2D eigenvalue weighted by molar-refractivity contribution is 5.75. The Labute approximate surface area is 88.1 Å². The van der Waals surface area contributed by atoms with Crippen molar-refractivity contribution < 1.29 is 4.79 Å². The third-order valence-electron chi connectivity index (χ3n) is 1.77. The van der Waals surface area contributed by atoms with Gasteiger partial charge in [0.2, 0.25) is 5.91 Å². The predicted octanol–water partition coefficient (Wildman–Crippen LogP) is 0.125. The van der Waals surface area contributed by atoms with Crippen molar-refractivity contribution in [2.45, 2.75) is 25.8 Å². The van der Waals surface area contributed by atoms with E-state index in [-0.39, 0.29) is 12.3 Å². The molecule has 6 heteroatoms. The van der Waals surface area contributed by atoms with Gasteiger partial charge in [-0.25, -0.2) is 9.97 Å². The van der Waals surface area contributed by atoms with Crippen LogP contribution in [0.1, 0.15) is 20.3 Å². The molecule has 0 unspecified atom stereocenters. The van der Waals surface area contributed by atoms with Crippen LogP contribution in [0, 0.1) is 0 Å². The van der Waals surface area contributed by atoms with Crippen molar-refractivity contribution in [2.24, 2.45) is 5.73 Å². The van der Waals surface area contributed by atoms with Crippen LogP contribution in [0.5, 0.6) is 0 Å². The van der Waals surface area contributed by atoms with E-state index in [1.54, 1.807) is 6.07 Å². The van der Waals surface area contributed by atoms with Gasteiger partial charge in [-0.15, -0.1) is 0 Å². The SMILES string of the molecule is CC(C)(CC(N)=O)Nc1cc(N)ncn1. The van der Waals surface area contributed by atoms with Gasteiger partial charge in [-0.3, -0.25) is 4.79 Å². The number of carbonyl (C=O) groups excluding carboxylic acids is 1. The summed E-state index contributed by atoms with van der Waals surface area (Å²) in [6.45, 7) is 3.71. The lowest BCUT2D eigenvalue weighted by Crippen LogP contribution is -2.36. The second-order valence-electron chi connectivity index (χ2n) is 3.98.